The molecule has 1 unspecified atom stereocenters. The van der Waals surface area contributed by atoms with E-state index in [1.165, 1.54) is 11.1 Å². The smallest absolute Gasteiger partial charge is 0.410 e. The first-order valence-corrected chi connectivity index (χ1v) is 12.3. The van der Waals surface area contributed by atoms with Gasteiger partial charge in [0.15, 0.2) is 0 Å². The summed E-state index contributed by atoms with van der Waals surface area (Å²) in [5.74, 6) is 1.01. The van der Waals surface area contributed by atoms with Crippen molar-refractivity contribution in [2.24, 2.45) is 0 Å². The van der Waals surface area contributed by atoms with Gasteiger partial charge < -0.3 is 19.5 Å². The fourth-order valence-corrected chi connectivity index (χ4v) is 4.65. The van der Waals surface area contributed by atoms with Crippen LogP contribution in [0.2, 0.25) is 0 Å². The summed E-state index contributed by atoms with van der Waals surface area (Å²) >= 11 is 0. The normalized spacial score (nSPS) is 15.9. The van der Waals surface area contributed by atoms with Crippen LogP contribution < -0.4 is 4.74 Å². The van der Waals surface area contributed by atoms with Crippen LogP contribution in [0.5, 0.6) is 5.75 Å². The fraction of sp³-hybridized carbons (Fsp3) is 0.300. The number of hydrogen-bond donors (Lipinski definition) is 1. The van der Waals surface area contributed by atoms with E-state index in [9.17, 15) is 9.90 Å². The Hall–Kier alpha value is -3.73. The number of nitrogens with zero attached hydrogens (tertiary/aromatic N) is 1. The molecule has 0 spiro atoms. The van der Waals surface area contributed by atoms with Gasteiger partial charge in [-0.25, -0.2) is 4.79 Å². The van der Waals surface area contributed by atoms with Gasteiger partial charge in [-0.15, -0.1) is 0 Å². The second-order valence-corrected chi connectivity index (χ2v) is 8.78. The van der Waals surface area contributed by atoms with E-state index in [-0.39, 0.29) is 30.4 Å². The van der Waals surface area contributed by atoms with Crippen molar-refractivity contribution in [1.29, 1.82) is 0 Å². The lowest BCUT2D eigenvalue weighted by molar-refractivity contribution is 0.157. The first-order valence-electron chi connectivity index (χ1n) is 12.3. The molecule has 0 bridgehead atoms. The van der Waals surface area contributed by atoms with E-state index in [1.807, 2.05) is 66.4 Å². The molecule has 0 aliphatic carbocycles. The van der Waals surface area contributed by atoms with E-state index in [2.05, 4.69) is 30.3 Å². The van der Waals surface area contributed by atoms with Gasteiger partial charge in [0.1, 0.15) is 24.7 Å². The number of aliphatic hydroxyl groups is 1. The highest BCUT2D eigenvalue weighted by atomic mass is 16.6. The molecule has 1 N–H and O–H groups in total. The highest BCUT2D eigenvalue weighted by Gasteiger charge is 2.39. The Balaban J connectivity index is 1.43. The molecule has 0 aromatic heterocycles. The van der Waals surface area contributed by atoms with Crippen LogP contribution in [0.4, 0.5) is 4.79 Å². The van der Waals surface area contributed by atoms with Crippen LogP contribution in [0.3, 0.4) is 0 Å². The molecule has 4 rings (SSSR count). The number of ether oxygens (including phenoxy) is 2. The minimum Gasteiger partial charge on any atom is -0.509 e. The summed E-state index contributed by atoms with van der Waals surface area (Å²) in [5.41, 5.74) is 3.49. The average Bonchev–Trinajstić information content (AvgIpc) is 3.24. The average molecular weight is 472 g/mol. The molecule has 0 radical (unpaired) electrons. The molecule has 182 valence electrons. The number of hydrogen-bond acceptors (Lipinski definition) is 4. The molecular formula is C30H33NO4. The molecule has 35 heavy (non-hydrogen) atoms. The van der Waals surface area contributed by atoms with E-state index in [0.717, 1.165) is 30.6 Å². The molecule has 1 saturated heterocycles. The van der Waals surface area contributed by atoms with Gasteiger partial charge in [-0.1, -0.05) is 79.7 Å². The van der Waals surface area contributed by atoms with E-state index in [0.29, 0.717) is 13.2 Å². The number of cyclic esters (lactones) is 1. The van der Waals surface area contributed by atoms with Gasteiger partial charge in [-0.2, -0.15) is 0 Å². The lowest BCUT2D eigenvalue weighted by Gasteiger charge is -2.30. The van der Waals surface area contributed by atoms with Crippen LogP contribution in [-0.4, -0.2) is 41.9 Å². The summed E-state index contributed by atoms with van der Waals surface area (Å²) in [6, 6.07) is 28.5. The zero-order chi connectivity index (χ0) is 24.5. The molecule has 1 heterocycles. The predicted molar refractivity (Wildman–Crippen MR) is 138 cm³/mol. The second-order valence-electron chi connectivity index (χ2n) is 8.78. The van der Waals surface area contributed by atoms with E-state index >= 15 is 0 Å². The number of benzene rings is 3. The molecule has 3 aromatic rings. The summed E-state index contributed by atoms with van der Waals surface area (Å²) < 4.78 is 11.2. The van der Waals surface area contributed by atoms with Crippen LogP contribution in [0.25, 0.3) is 0 Å². The van der Waals surface area contributed by atoms with Gasteiger partial charge in [0, 0.05) is 12.5 Å². The molecule has 0 saturated carbocycles. The number of carbonyl (C=O) groups is 1. The van der Waals surface area contributed by atoms with E-state index < -0.39 is 0 Å². The fourth-order valence-electron chi connectivity index (χ4n) is 4.65. The van der Waals surface area contributed by atoms with Crippen molar-refractivity contribution in [3.8, 4) is 5.75 Å². The largest absolute Gasteiger partial charge is 0.509 e. The molecule has 3 aromatic carbocycles. The molecule has 5 nitrogen and oxygen atoms in total. The third kappa shape index (κ3) is 6.44. The Kier molecular flexibility index (Phi) is 8.44. The first kappa shape index (κ1) is 24.4. The molecule has 1 atom stereocenters. The van der Waals surface area contributed by atoms with Crippen molar-refractivity contribution in [2.45, 2.75) is 38.1 Å². The molecule has 1 amide bonds. The number of rotatable bonds is 11. The van der Waals surface area contributed by atoms with Gasteiger partial charge in [0.25, 0.3) is 0 Å². The van der Waals surface area contributed by atoms with Gasteiger partial charge >= 0.3 is 6.09 Å². The predicted octanol–water partition coefficient (Wildman–Crippen LogP) is 6.50. The number of allylic oxidation sites excluding steroid dienone is 1. The maximum absolute atomic E-state index is 12.7. The van der Waals surface area contributed by atoms with Gasteiger partial charge in [-0.3, -0.25) is 0 Å². The van der Waals surface area contributed by atoms with Crippen molar-refractivity contribution in [3.63, 3.8) is 0 Å². The molecule has 1 fully saturated rings. The van der Waals surface area contributed by atoms with Crippen molar-refractivity contribution < 1.29 is 19.4 Å². The van der Waals surface area contributed by atoms with Crippen molar-refractivity contribution in [2.75, 3.05) is 19.8 Å². The SMILES string of the molecule is CC/C=C(\O)COc1cccc(CCCN2C(=O)OCC2C(c2ccccc2)c2ccccc2)c1. The highest BCUT2D eigenvalue weighted by molar-refractivity contribution is 5.70. The zero-order valence-electron chi connectivity index (χ0n) is 20.2. The zero-order valence-corrected chi connectivity index (χ0v) is 20.2. The maximum Gasteiger partial charge on any atom is 0.410 e. The van der Waals surface area contributed by atoms with Crippen molar-refractivity contribution in [3.05, 3.63) is 113 Å². The number of carbonyl (C=O) groups excluding carboxylic acids is 1. The summed E-state index contributed by atoms with van der Waals surface area (Å²) in [4.78, 5) is 14.6. The van der Waals surface area contributed by atoms with Crippen LogP contribution in [0.1, 0.15) is 42.4 Å². The highest BCUT2D eigenvalue weighted by Crippen LogP contribution is 2.34. The van der Waals surface area contributed by atoms with Crippen molar-refractivity contribution >= 4 is 6.09 Å². The van der Waals surface area contributed by atoms with E-state index in [4.69, 9.17) is 9.47 Å². The Morgan fingerprint density at radius 1 is 1.06 bits per heavy atom. The lowest BCUT2D eigenvalue weighted by Crippen LogP contribution is -2.39. The van der Waals surface area contributed by atoms with Gasteiger partial charge in [0.05, 0.1) is 6.04 Å². The number of amides is 1. The molecule has 1 aliphatic rings. The summed E-state index contributed by atoms with van der Waals surface area (Å²) in [7, 11) is 0. The molecular weight excluding hydrogens is 438 g/mol. The molecule has 5 heteroatoms. The van der Waals surface area contributed by atoms with Gasteiger partial charge in [0.2, 0.25) is 0 Å². The van der Waals surface area contributed by atoms with Crippen LogP contribution in [0, 0.1) is 0 Å². The molecule has 1 aliphatic heterocycles. The Morgan fingerprint density at radius 2 is 1.74 bits per heavy atom. The lowest BCUT2D eigenvalue weighted by atomic mass is 9.85. The summed E-state index contributed by atoms with van der Waals surface area (Å²) in [6.07, 6.45) is 3.89. The van der Waals surface area contributed by atoms with Crippen LogP contribution >= 0.6 is 0 Å². The number of aryl methyl sites for hydroxylation is 1. The minimum atomic E-state index is -0.248. The summed E-state index contributed by atoms with van der Waals surface area (Å²) in [6.45, 7) is 3.13. The summed E-state index contributed by atoms with van der Waals surface area (Å²) in [5, 5.41) is 9.79. The second kappa shape index (κ2) is 12.1. The van der Waals surface area contributed by atoms with Crippen molar-refractivity contribution in [1.82, 2.24) is 4.90 Å². The Morgan fingerprint density at radius 3 is 2.40 bits per heavy atom. The quantitative estimate of drug-likeness (QED) is 0.324. The van der Waals surface area contributed by atoms with Crippen LogP contribution in [0.15, 0.2) is 96.8 Å². The third-order valence-corrected chi connectivity index (χ3v) is 6.30. The monoisotopic (exact) mass is 471 g/mol. The Labute approximate surface area is 207 Å². The minimum absolute atomic E-state index is 0.0458. The number of aliphatic hydroxyl groups excluding tert-OH is 1. The van der Waals surface area contributed by atoms with Crippen LogP contribution in [-0.2, 0) is 11.2 Å². The standard InChI is InChI=1S/C30H33NO4/c1-2-11-26(32)21-34-27-18-9-12-23(20-27)13-10-19-31-28(22-35-30(31)33)29(24-14-5-3-6-15-24)25-16-7-4-8-17-25/h3-9,11-12,14-18,20,28-29,32H,2,10,13,19,21-22H2,1H3/b26-11-. The van der Waals surface area contributed by atoms with Gasteiger partial charge in [-0.05, 0) is 54.2 Å². The van der Waals surface area contributed by atoms with E-state index in [1.54, 1.807) is 6.08 Å². The first-order chi connectivity index (χ1) is 17.2. The topological polar surface area (TPSA) is 59.0 Å². The Bertz CT molecular complexity index is 1070. The maximum atomic E-state index is 12.7. The third-order valence-electron chi connectivity index (χ3n) is 6.30.